The van der Waals surface area contributed by atoms with E-state index in [9.17, 15) is 0 Å². The van der Waals surface area contributed by atoms with E-state index in [1.807, 2.05) is 36.4 Å². The first-order valence-corrected chi connectivity index (χ1v) is 9.07. The molecule has 0 aliphatic carbocycles. The Morgan fingerprint density at radius 2 is 1.64 bits per heavy atom. The Bertz CT molecular complexity index is 669. The molecule has 0 radical (unpaired) electrons. The van der Waals surface area contributed by atoms with Crippen LogP contribution in [-0.4, -0.2) is 44.3 Å². The van der Waals surface area contributed by atoms with Crippen molar-refractivity contribution in [3.05, 3.63) is 71.8 Å². The Morgan fingerprint density at radius 1 is 0.960 bits per heavy atom. The topological polar surface area (TPSA) is 24.5 Å². The normalized spacial score (nSPS) is 16.0. The highest BCUT2D eigenvalue weighted by Gasteiger charge is 2.10. The number of benzene rings is 2. The van der Waals surface area contributed by atoms with Gasteiger partial charge in [0.05, 0.1) is 19.3 Å². The summed E-state index contributed by atoms with van der Waals surface area (Å²) < 4.78 is 5.40. The lowest BCUT2D eigenvalue weighted by Crippen LogP contribution is -2.37. The molecule has 0 aromatic heterocycles. The summed E-state index contributed by atoms with van der Waals surface area (Å²) in [7, 11) is 0. The number of ether oxygens (including phenoxy) is 1. The fraction of sp³-hybridized carbons (Fsp3) is 0.364. The van der Waals surface area contributed by atoms with Crippen molar-refractivity contribution < 1.29 is 4.74 Å². The summed E-state index contributed by atoms with van der Waals surface area (Å²) in [6.45, 7) is 5.90. The maximum atomic E-state index is 5.40. The molecule has 1 aliphatic rings. The van der Waals surface area contributed by atoms with Crippen molar-refractivity contribution >= 4 is 0 Å². The zero-order valence-electron chi connectivity index (χ0n) is 14.7. The highest BCUT2D eigenvalue weighted by atomic mass is 16.5. The predicted octanol–water partition coefficient (Wildman–Crippen LogP) is 3.09. The van der Waals surface area contributed by atoms with Crippen LogP contribution >= 0.6 is 0 Å². The Labute approximate surface area is 151 Å². The van der Waals surface area contributed by atoms with E-state index >= 15 is 0 Å². The monoisotopic (exact) mass is 334 g/mol. The lowest BCUT2D eigenvalue weighted by atomic mass is 10.1. The summed E-state index contributed by atoms with van der Waals surface area (Å²) in [5.41, 5.74) is 2.27. The van der Waals surface area contributed by atoms with Gasteiger partial charge in [-0.25, -0.2) is 0 Å². The first-order chi connectivity index (χ1) is 12.4. The van der Waals surface area contributed by atoms with Gasteiger partial charge >= 0.3 is 0 Å². The zero-order chi connectivity index (χ0) is 17.2. The van der Waals surface area contributed by atoms with Crippen LogP contribution in [0.25, 0.3) is 0 Å². The van der Waals surface area contributed by atoms with Crippen molar-refractivity contribution in [1.82, 2.24) is 10.2 Å². The van der Waals surface area contributed by atoms with Crippen LogP contribution in [0.15, 0.2) is 60.7 Å². The van der Waals surface area contributed by atoms with E-state index in [-0.39, 0.29) is 6.04 Å². The Morgan fingerprint density at radius 3 is 2.36 bits per heavy atom. The number of nitrogens with one attached hydrogen (secondary N) is 1. The molecular formula is C22H26N2O. The van der Waals surface area contributed by atoms with Crippen molar-refractivity contribution in [1.29, 1.82) is 0 Å². The zero-order valence-corrected chi connectivity index (χ0v) is 14.7. The summed E-state index contributed by atoms with van der Waals surface area (Å²) in [4.78, 5) is 2.47. The maximum absolute atomic E-state index is 5.40. The number of rotatable bonds is 6. The van der Waals surface area contributed by atoms with Crippen LogP contribution in [0.2, 0.25) is 0 Å². The van der Waals surface area contributed by atoms with E-state index in [2.05, 4.69) is 46.3 Å². The standard InChI is InChI=1S/C22H26N2O/c1-3-8-20(9-4-1)12-13-22(21-10-5-2-6-11-21)23-14-7-15-24-16-18-25-19-17-24/h1-6,8-11,22-23H,7,14-19H2. The highest BCUT2D eigenvalue weighted by molar-refractivity contribution is 5.37. The van der Waals surface area contributed by atoms with Gasteiger partial charge < -0.3 is 4.74 Å². The van der Waals surface area contributed by atoms with Crippen molar-refractivity contribution in [3.63, 3.8) is 0 Å². The van der Waals surface area contributed by atoms with Gasteiger partial charge in [0.25, 0.3) is 0 Å². The summed E-state index contributed by atoms with van der Waals surface area (Å²) >= 11 is 0. The Kier molecular flexibility index (Phi) is 7.08. The largest absolute Gasteiger partial charge is 0.379 e. The van der Waals surface area contributed by atoms with Crippen LogP contribution < -0.4 is 5.32 Å². The molecule has 2 aromatic rings. The molecule has 2 aromatic carbocycles. The van der Waals surface area contributed by atoms with Gasteiger partial charge in [-0.3, -0.25) is 10.2 Å². The predicted molar refractivity (Wildman–Crippen MR) is 102 cm³/mol. The van der Waals surface area contributed by atoms with E-state index in [1.54, 1.807) is 0 Å². The lowest BCUT2D eigenvalue weighted by Gasteiger charge is -2.26. The van der Waals surface area contributed by atoms with Gasteiger partial charge in [0, 0.05) is 18.7 Å². The van der Waals surface area contributed by atoms with Gasteiger partial charge in [0.2, 0.25) is 0 Å². The third kappa shape index (κ3) is 6.03. The van der Waals surface area contributed by atoms with E-state index in [0.29, 0.717) is 0 Å². The molecule has 25 heavy (non-hydrogen) atoms. The maximum Gasteiger partial charge on any atom is 0.0949 e. The second-order valence-electron chi connectivity index (χ2n) is 6.24. The lowest BCUT2D eigenvalue weighted by molar-refractivity contribution is 0.0374. The second-order valence-corrected chi connectivity index (χ2v) is 6.24. The minimum absolute atomic E-state index is 0.0612. The van der Waals surface area contributed by atoms with E-state index in [4.69, 9.17) is 4.74 Å². The molecule has 0 bridgehead atoms. The first-order valence-electron chi connectivity index (χ1n) is 9.07. The van der Waals surface area contributed by atoms with Gasteiger partial charge in [-0.1, -0.05) is 60.4 Å². The second kappa shape index (κ2) is 10.0. The molecule has 1 aliphatic heterocycles. The SMILES string of the molecule is C(#CC(NCCCN1CCOCC1)c1ccccc1)c1ccccc1. The van der Waals surface area contributed by atoms with E-state index in [1.165, 1.54) is 5.56 Å². The van der Waals surface area contributed by atoms with Gasteiger partial charge in [-0.2, -0.15) is 0 Å². The summed E-state index contributed by atoms with van der Waals surface area (Å²) in [5.74, 6) is 6.69. The van der Waals surface area contributed by atoms with Crippen LogP contribution in [0.3, 0.4) is 0 Å². The average Bonchev–Trinajstić information content (AvgIpc) is 2.70. The summed E-state index contributed by atoms with van der Waals surface area (Å²) in [6.07, 6.45) is 1.12. The quantitative estimate of drug-likeness (QED) is 0.649. The number of hydrogen-bond acceptors (Lipinski definition) is 3. The highest BCUT2D eigenvalue weighted by Crippen LogP contribution is 2.12. The molecule has 0 saturated carbocycles. The number of morpholine rings is 1. The third-order valence-corrected chi connectivity index (χ3v) is 4.37. The molecule has 1 saturated heterocycles. The van der Waals surface area contributed by atoms with Gasteiger partial charge in [0.1, 0.15) is 0 Å². The van der Waals surface area contributed by atoms with Crippen LogP contribution in [-0.2, 0) is 4.74 Å². The molecule has 1 fully saturated rings. The first kappa shape index (κ1) is 17.7. The molecule has 0 spiro atoms. The molecule has 130 valence electrons. The molecule has 3 nitrogen and oxygen atoms in total. The number of nitrogens with zero attached hydrogens (tertiary/aromatic N) is 1. The van der Waals surface area contributed by atoms with Crippen molar-refractivity contribution in [3.8, 4) is 11.8 Å². The molecular weight excluding hydrogens is 308 g/mol. The summed E-state index contributed by atoms with van der Waals surface area (Å²) in [5, 5.41) is 3.61. The van der Waals surface area contributed by atoms with Crippen molar-refractivity contribution in [2.45, 2.75) is 12.5 Å². The van der Waals surface area contributed by atoms with Gasteiger partial charge in [-0.15, -0.1) is 0 Å². The molecule has 0 amide bonds. The smallest absolute Gasteiger partial charge is 0.0949 e. The van der Waals surface area contributed by atoms with Crippen LogP contribution in [0.4, 0.5) is 0 Å². The molecule has 1 atom stereocenters. The molecule has 3 rings (SSSR count). The van der Waals surface area contributed by atoms with Crippen LogP contribution in [0.5, 0.6) is 0 Å². The molecule has 1 heterocycles. The summed E-state index contributed by atoms with van der Waals surface area (Å²) in [6, 6.07) is 20.7. The van der Waals surface area contributed by atoms with Crippen LogP contribution in [0, 0.1) is 11.8 Å². The molecule has 1 unspecified atom stereocenters. The Hall–Kier alpha value is -2.12. The van der Waals surface area contributed by atoms with Crippen molar-refractivity contribution in [2.24, 2.45) is 0 Å². The fourth-order valence-corrected chi connectivity index (χ4v) is 2.95. The van der Waals surface area contributed by atoms with E-state index in [0.717, 1.165) is 51.4 Å². The molecule has 3 heteroatoms. The van der Waals surface area contributed by atoms with Crippen LogP contribution in [0.1, 0.15) is 23.6 Å². The minimum atomic E-state index is 0.0612. The van der Waals surface area contributed by atoms with E-state index < -0.39 is 0 Å². The van der Waals surface area contributed by atoms with Gasteiger partial charge in [0.15, 0.2) is 0 Å². The number of hydrogen-bond donors (Lipinski definition) is 1. The van der Waals surface area contributed by atoms with Gasteiger partial charge in [-0.05, 0) is 37.2 Å². The van der Waals surface area contributed by atoms with Crippen molar-refractivity contribution in [2.75, 3.05) is 39.4 Å². The average molecular weight is 334 g/mol. The molecule has 1 N–H and O–H groups in total. The Balaban J connectivity index is 1.56. The minimum Gasteiger partial charge on any atom is -0.379 e. The fourth-order valence-electron chi connectivity index (χ4n) is 2.95. The third-order valence-electron chi connectivity index (χ3n) is 4.37.